The highest BCUT2D eigenvalue weighted by Gasteiger charge is 2.45. The van der Waals surface area contributed by atoms with E-state index >= 15 is 0 Å². The Morgan fingerprint density at radius 3 is 2.70 bits per heavy atom. The maximum Gasteiger partial charge on any atom is 0.121 e. The Balaban J connectivity index is 1.85. The van der Waals surface area contributed by atoms with Gasteiger partial charge < -0.3 is 15.0 Å². The third-order valence-electron chi connectivity index (χ3n) is 5.02. The van der Waals surface area contributed by atoms with E-state index in [0.717, 1.165) is 24.8 Å². The lowest BCUT2D eigenvalue weighted by Gasteiger charge is -2.47. The van der Waals surface area contributed by atoms with Crippen molar-refractivity contribution in [2.24, 2.45) is 5.92 Å². The summed E-state index contributed by atoms with van der Waals surface area (Å²) >= 11 is 0. The quantitative estimate of drug-likeness (QED) is 0.917. The summed E-state index contributed by atoms with van der Waals surface area (Å²) in [5.74, 6) is 1.83. The van der Waals surface area contributed by atoms with E-state index in [9.17, 15) is 0 Å². The van der Waals surface area contributed by atoms with Crippen LogP contribution in [0.3, 0.4) is 0 Å². The van der Waals surface area contributed by atoms with E-state index in [2.05, 4.69) is 49.2 Å². The van der Waals surface area contributed by atoms with Crippen LogP contribution in [0.25, 0.3) is 0 Å². The Hall–Kier alpha value is -1.22. The Morgan fingerprint density at radius 2 is 2.10 bits per heavy atom. The first-order chi connectivity index (χ1) is 9.53. The van der Waals surface area contributed by atoms with Crippen molar-refractivity contribution in [3.63, 3.8) is 0 Å². The van der Waals surface area contributed by atoms with Gasteiger partial charge in [-0.05, 0) is 63.3 Å². The van der Waals surface area contributed by atoms with Crippen LogP contribution in [0.4, 0.5) is 5.69 Å². The lowest BCUT2D eigenvalue weighted by Crippen LogP contribution is -2.63. The number of piperazine rings is 1. The van der Waals surface area contributed by atoms with Gasteiger partial charge in [0.25, 0.3) is 0 Å². The predicted octanol–water partition coefficient (Wildman–Crippen LogP) is 2.97. The van der Waals surface area contributed by atoms with Crippen molar-refractivity contribution in [2.45, 2.75) is 45.2 Å². The van der Waals surface area contributed by atoms with Crippen LogP contribution in [0.2, 0.25) is 0 Å². The van der Waals surface area contributed by atoms with Crippen molar-refractivity contribution in [1.82, 2.24) is 5.32 Å². The zero-order valence-electron chi connectivity index (χ0n) is 13.1. The molecule has 2 aliphatic rings. The second kappa shape index (κ2) is 4.96. The monoisotopic (exact) mass is 274 g/mol. The van der Waals surface area contributed by atoms with Crippen molar-refractivity contribution >= 4 is 5.69 Å². The van der Waals surface area contributed by atoms with Gasteiger partial charge in [0.05, 0.1) is 7.11 Å². The summed E-state index contributed by atoms with van der Waals surface area (Å²) in [6.45, 7) is 8.98. The summed E-state index contributed by atoms with van der Waals surface area (Å²) in [6.07, 6.45) is 2.76. The lowest BCUT2D eigenvalue weighted by atomic mass is 9.90. The van der Waals surface area contributed by atoms with Crippen molar-refractivity contribution in [1.29, 1.82) is 0 Å². The van der Waals surface area contributed by atoms with Crippen LogP contribution in [0.1, 0.15) is 32.3 Å². The number of methoxy groups -OCH3 is 1. The fourth-order valence-corrected chi connectivity index (χ4v) is 3.44. The molecule has 0 bridgehead atoms. The Labute approximate surface area is 122 Å². The molecule has 1 aromatic carbocycles. The topological polar surface area (TPSA) is 24.5 Å². The van der Waals surface area contributed by atoms with E-state index in [1.165, 1.54) is 24.1 Å². The third kappa shape index (κ3) is 2.39. The van der Waals surface area contributed by atoms with Gasteiger partial charge in [-0.1, -0.05) is 0 Å². The summed E-state index contributed by atoms with van der Waals surface area (Å²) in [4.78, 5) is 2.56. The third-order valence-corrected chi connectivity index (χ3v) is 5.02. The standard InChI is InChI=1S/C17H26N2O/c1-12-9-15(7-8-16(12)20-4)19-11-17(3,14-5-6-14)18-10-13(19)2/h7-9,13-14,18H,5-6,10-11H2,1-4H3. The molecule has 3 nitrogen and oxygen atoms in total. The first-order valence-corrected chi connectivity index (χ1v) is 7.70. The molecule has 0 radical (unpaired) electrons. The maximum atomic E-state index is 5.37. The van der Waals surface area contributed by atoms with Crippen LogP contribution in [0.15, 0.2) is 18.2 Å². The van der Waals surface area contributed by atoms with Crippen molar-refractivity contribution in [3.8, 4) is 5.75 Å². The van der Waals surface area contributed by atoms with E-state index in [-0.39, 0.29) is 5.54 Å². The highest BCUT2D eigenvalue weighted by atomic mass is 16.5. The molecular weight excluding hydrogens is 248 g/mol. The number of hydrogen-bond donors (Lipinski definition) is 1. The molecule has 2 unspecified atom stereocenters. The van der Waals surface area contributed by atoms with Gasteiger partial charge in [-0.25, -0.2) is 0 Å². The van der Waals surface area contributed by atoms with Crippen LogP contribution in [-0.2, 0) is 0 Å². The fraction of sp³-hybridized carbons (Fsp3) is 0.647. The zero-order chi connectivity index (χ0) is 14.3. The smallest absolute Gasteiger partial charge is 0.121 e. The first kappa shape index (κ1) is 13.7. The van der Waals surface area contributed by atoms with Crippen molar-refractivity contribution in [2.75, 3.05) is 25.1 Å². The Kier molecular flexibility index (Phi) is 3.41. The van der Waals surface area contributed by atoms with Crippen LogP contribution in [-0.4, -0.2) is 31.8 Å². The van der Waals surface area contributed by atoms with E-state index < -0.39 is 0 Å². The average Bonchev–Trinajstić information content (AvgIpc) is 3.26. The lowest BCUT2D eigenvalue weighted by molar-refractivity contribution is 0.260. The molecule has 0 amide bonds. The number of rotatable bonds is 3. The van der Waals surface area contributed by atoms with Gasteiger partial charge in [-0.3, -0.25) is 0 Å². The number of aryl methyl sites for hydroxylation is 1. The largest absolute Gasteiger partial charge is 0.496 e. The number of ether oxygens (including phenoxy) is 1. The van der Waals surface area contributed by atoms with Crippen LogP contribution < -0.4 is 15.0 Å². The molecule has 1 aromatic rings. The Morgan fingerprint density at radius 1 is 1.35 bits per heavy atom. The molecule has 3 rings (SSSR count). The summed E-state index contributed by atoms with van der Waals surface area (Å²) in [7, 11) is 1.74. The molecule has 20 heavy (non-hydrogen) atoms. The van der Waals surface area contributed by atoms with Crippen LogP contribution in [0.5, 0.6) is 5.75 Å². The molecule has 2 fully saturated rings. The molecular formula is C17H26N2O. The van der Waals surface area contributed by atoms with Gasteiger partial charge in [0, 0.05) is 30.4 Å². The number of hydrogen-bond acceptors (Lipinski definition) is 3. The number of nitrogens with one attached hydrogen (secondary N) is 1. The molecule has 1 heterocycles. The summed E-state index contributed by atoms with van der Waals surface area (Å²) in [5.41, 5.74) is 2.81. The van der Waals surface area contributed by atoms with Crippen molar-refractivity contribution < 1.29 is 4.74 Å². The molecule has 0 spiro atoms. The predicted molar refractivity (Wildman–Crippen MR) is 83.7 cm³/mol. The van der Waals surface area contributed by atoms with E-state index in [4.69, 9.17) is 4.74 Å². The normalized spacial score (nSPS) is 30.4. The minimum atomic E-state index is 0.278. The maximum absolute atomic E-state index is 5.37. The number of anilines is 1. The molecule has 110 valence electrons. The van der Waals surface area contributed by atoms with Gasteiger partial charge in [0.1, 0.15) is 5.75 Å². The van der Waals surface area contributed by atoms with E-state index in [1.54, 1.807) is 7.11 Å². The SMILES string of the molecule is COc1ccc(N2CC(C)(C3CC3)NCC2C)cc1C. The van der Waals surface area contributed by atoms with E-state index in [1.807, 2.05) is 0 Å². The zero-order valence-corrected chi connectivity index (χ0v) is 13.1. The van der Waals surface area contributed by atoms with Gasteiger partial charge in [0.2, 0.25) is 0 Å². The average molecular weight is 274 g/mol. The molecule has 1 aliphatic carbocycles. The number of benzene rings is 1. The molecule has 2 atom stereocenters. The minimum absolute atomic E-state index is 0.278. The first-order valence-electron chi connectivity index (χ1n) is 7.70. The molecule has 1 N–H and O–H groups in total. The second-order valence-electron chi connectivity index (χ2n) is 6.70. The molecule has 1 saturated carbocycles. The van der Waals surface area contributed by atoms with Gasteiger partial charge in [-0.15, -0.1) is 0 Å². The minimum Gasteiger partial charge on any atom is -0.496 e. The van der Waals surface area contributed by atoms with Gasteiger partial charge in [0.15, 0.2) is 0 Å². The second-order valence-corrected chi connectivity index (χ2v) is 6.70. The summed E-state index contributed by atoms with van der Waals surface area (Å²) in [6, 6.07) is 7.08. The van der Waals surface area contributed by atoms with E-state index in [0.29, 0.717) is 6.04 Å². The highest BCUT2D eigenvalue weighted by molar-refractivity contribution is 5.54. The van der Waals surface area contributed by atoms with Gasteiger partial charge in [-0.2, -0.15) is 0 Å². The molecule has 1 aliphatic heterocycles. The number of nitrogens with zero attached hydrogens (tertiary/aromatic N) is 1. The Bertz CT molecular complexity index is 498. The highest BCUT2D eigenvalue weighted by Crippen LogP contribution is 2.42. The van der Waals surface area contributed by atoms with Crippen LogP contribution >= 0.6 is 0 Å². The van der Waals surface area contributed by atoms with Gasteiger partial charge >= 0.3 is 0 Å². The molecule has 3 heteroatoms. The molecule has 0 aromatic heterocycles. The summed E-state index contributed by atoms with van der Waals surface area (Å²) in [5, 5.41) is 3.78. The molecule has 1 saturated heterocycles. The van der Waals surface area contributed by atoms with Crippen LogP contribution in [0, 0.1) is 12.8 Å². The fourth-order valence-electron chi connectivity index (χ4n) is 3.44. The summed E-state index contributed by atoms with van der Waals surface area (Å²) < 4.78 is 5.37. The van der Waals surface area contributed by atoms with Crippen molar-refractivity contribution in [3.05, 3.63) is 23.8 Å².